The molecular formula is C21H31N3O5S. The number of hydrogen-bond acceptors (Lipinski definition) is 7. The fourth-order valence-electron chi connectivity index (χ4n) is 5.54. The fourth-order valence-corrected chi connectivity index (χ4v) is 7.06. The summed E-state index contributed by atoms with van der Waals surface area (Å²) in [5, 5.41) is 23.3. The molecule has 7 atom stereocenters. The van der Waals surface area contributed by atoms with Crippen LogP contribution in [0, 0.1) is 17.8 Å². The van der Waals surface area contributed by atoms with E-state index in [4.69, 9.17) is 0 Å². The molecule has 4 heterocycles. The number of thioether (sulfide) groups is 1. The van der Waals surface area contributed by atoms with Crippen molar-refractivity contribution in [3.8, 4) is 0 Å². The minimum absolute atomic E-state index is 0.0192. The molecule has 4 rings (SSSR count). The van der Waals surface area contributed by atoms with Gasteiger partial charge in [0.25, 0.3) is 0 Å². The second-order valence-corrected chi connectivity index (χ2v) is 10.6. The van der Waals surface area contributed by atoms with Crippen LogP contribution in [-0.4, -0.2) is 87.3 Å². The van der Waals surface area contributed by atoms with Gasteiger partial charge in [0, 0.05) is 29.2 Å². The number of fused-ring (bicyclic) bond motifs is 1. The number of amides is 1. The molecule has 0 aromatic rings. The Balaban J connectivity index is 1.39. The molecule has 30 heavy (non-hydrogen) atoms. The Hall–Kier alpha value is -1.42. The fraction of sp³-hybridized carbons (Fsp3) is 0.762. The number of carboxylic acid groups (broad SMARTS) is 1. The number of aliphatic carboxylic acids is 1. The van der Waals surface area contributed by atoms with Crippen LogP contribution >= 0.6 is 11.8 Å². The summed E-state index contributed by atoms with van der Waals surface area (Å²) in [5.41, 5.74) is 0.113. The number of ketones is 1. The van der Waals surface area contributed by atoms with Gasteiger partial charge >= 0.3 is 5.97 Å². The smallest absolute Gasteiger partial charge is 0.353 e. The Labute approximate surface area is 181 Å². The molecule has 0 aromatic carbocycles. The van der Waals surface area contributed by atoms with E-state index in [9.17, 15) is 24.6 Å². The Morgan fingerprint density at radius 2 is 2.10 bits per heavy atom. The Kier molecular flexibility index (Phi) is 6.00. The van der Waals surface area contributed by atoms with Gasteiger partial charge < -0.3 is 25.3 Å². The van der Waals surface area contributed by atoms with Crippen molar-refractivity contribution in [2.24, 2.45) is 17.8 Å². The van der Waals surface area contributed by atoms with Crippen molar-refractivity contribution in [3.05, 3.63) is 10.6 Å². The number of aliphatic hydroxyl groups excluding tert-OH is 1. The third-order valence-corrected chi connectivity index (χ3v) is 8.60. The lowest BCUT2D eigenvalue weighted by molar-refractivity contribution is -0.163. The normalized spacial score (nSPS) is 37.5. The topological polar surface area (TPSA) is 110 Å². The van der Waals surface area contributed by atoms with Crippen LogP contribution in [0.3, 0.4) is 0 Å². The first-order valence-corrected chi connectivity index (χ1v) is 11.7. The standard InChI is InChI=1S/C21H31N3O5S/c1-10-17-16(12(3)26)20(27)24(17)18(21(28)29)19(10)30-14-4-5-23(9-14)8-13-6-15(11(2)25)22-7-13/h10,12-17,22,26H,4-9H2,1-3H3,(H,28,29)/t10-,12-,13+,14-,15+,16-,17-/m1/s1. The first kappa shape index (κ1) is 21.8. The number of aliphatic hydroxyl groups is 1. The zero-order valence-corrected chi connectivity index (χ0v) is 18.5. The highest BCUT2D eigenvalue weighted by molar-refractivity contribution is 8.03. The number of carboxylic acids is 1. The summed E-state index contributed by atoms with van der Waals surface area (Å²) in [5.74, 6) is -1.28. The monoisotopic (exact) mass is 437 g/mol. The number of Topliss-reactive ketones (excluding diaryl/α,β-unsaturated/α-hetero) is 1. The molecule has 3 saturated heterocycles. The Morgan fingerprint density at radius 3 is 2.70 bits per heavy atom. The highest BCUT2D eigenvalue weighted by Crippen LogP contribution is 2.51. The number of hydrogen-bond donors (Lipinski definition) is 3. The van der Waals surface area contributed by atoms with Crippen LogP contribution in [0.1, 0.15) is 33.6 Å². The number of likely N-dealkylation sites (tertiary alicyclic amines) is 1. The van der Waals surface area contributed by atoms with Gasteiger partial charge in [0.15, 0.2) is 0 Å². The Morgan fingerprint density at radius 1 is 1.37 bits per heavy atom. The number of nitrogens with zero attached hydrogens (tertiary/aromatic N) is 2. The van der Waals surface area contributed by atoms with Gasteiger partial charge in [-0.1, -0.05) is 6.92 Å². The van der Waals surface area contributed by atoms with Crippen molar-refractivity contribution >= 4 is 29.4 Å². The van der Waals surface area contributed by atoms with Crippen molar-refractivity contribution in [2.45, 2.75) is 57.1 Å². The second-order valence-electron chi connectivity index (χ2n) is 9.23. The van der Waals surface area contributed by atoms with E-state index < -0.39 is 18.0 Å². The minimum atomic E-state index is -1.06. The van der Waals surface area contributed by atoms with Crippen LogP contribution in [-0.2, 0) is 14.4 Å². The molecule has 0 saturated carbocycles. The van der Waals surface area contributed by atoms with E-state index in [0.29, 0.717) is 5.92 Å². The lowest BCUT2D eigenvalue weighted by Gasteiger charge is -2.46. The van der Waals surface area contributed by atoms with Gasteiger partial charge in [-0.2, -0.15) is 0 Å². The van der Waals surface area contributed by atoms with E-state index in [1.54, 1.807) is 25.6 Å². The average molecular weight is 438 g/mol. The summed E-state index contributed by atoms with van der Waals surface area (Å²) in [7, 11) is 0. The predicted molar refractivity (Wildman–Crippen MR) is 113 cm³/mol. The van der Waals surface area contributed by atoms with Crippen LogP contribution in [0.15, 0.2) is 10.6 Å². The van der Waals surface area contributed by atoms with Crippen molar-refractivity contribution in [2.75, 3.05) is 26.2 Å². The lowest BCUT2D eigenvalue weighted by atomic mass is 9.79. The van der Waals surface area contributed by atoms with Crippen molar-refractivity contribution in [1.82, 2.24) is 15.1 Å². The second kappa shape index (κ2) is 8.26. The largest absolute Gasteiger partial charge is 0.477 e. The quantitative estimate of drug-likeness (QED) is 0.495. The maximum Gasteiger partial charge on any atom is 0.353 e. The van der Waals surface area contributed by atoms with Crippen molar-refractivity contribution in [1.29, 1.82) is 0 Å². The molecule has 3 fully saturated rings. The third kappa shape index (κ3) is 3.70. The van der Waals surface area contributed by atoms with E-state index in [1.165, 1.54) is 4.90 Å². The van der Waals surface area contributed by atoms with Crippen LogP contribution < -0.4 is 5.32 Å². The van der Waals surface area contributed by atoms with Gasteiger partial charge in [0.05, 0.1) is 24.1 Å². The molecule has 0 bridgehead atoms. The predicted octanol–water partition coefficient (Wildman–Crippen LogP) is 0.515. The first-order valence-electron chi connectivity index (χ1n) is 10.8. The number of carbonyl (C=O) groups is 3. The number of carbonyl (C=O) groups excluding carboxylic acids is 2. The molecule has 9 heteroatoms. The van der Waals surface area contributed by atoms with E-state index in [1.807, 2.05) is 6.92 Å². The van der Waals surface area contributed by atoms with Crippen LogP contribution in [0.25, 0.3) is 0 Å². The highest BCUT2D eigenvalue weighted by atomic mass is 32.2. The van der Waals surface area contributed by atoms with Gasteiger partial charge in [-0.25, -0.2) is 4.79 Å². The van der Waals surface area contributed by atoms with Crippen LogP contribution in [0.5, 0.6) is 0 Å². The molecule has 0 spiro atoms. The third-order valence-electron chi connectivity index (χ3n) is 7.06. The summed E-state index contributed by atoms with van der Waals surface area (Å²) in [6.45, 7) is 8.86. The molecule has 4 aliphatic heterocycles. The first-order chi connectivity index (χ1) is 14.2. The van der Waals surface area contributed by atoms with E-state index >= 15 is 0 Å². The lowest BCUT2D eigenvalue weighted by Crippen LogP contribution is -2.63. The van der Waals surface area contributed by atoms with Gasteiger partial charge in [-0.3, -0.25) is 9.59 Å². The molecule has 0 aromatic heterocycles. The number of nitrogens with one attached hydrogen (secondary N) is 1. The summed E-state index contributed by atoms with van der Waals surface area (Å²) < 4.78 is 0. The molecule has 0 radical (unpaired) electrons. The summed E-state index contributed by atoms with van der Waals surface area (Å²) in [4.78, 5) is 40.6. The number of β-lactam (4-membered cyclic amide) rings is 1. The highest BCUT2D eigenvalue weighted by Gasteiger charge is 2.60. The van der Waals surface area contributed by atoms with E-state index in [2.05, 4.69) is 10.2 Å². The van der Waals surface area contributed by atoms with Gasteiger partial charge in [-0.05, 0) is 45.7 Å². The summed E-state index contributed by atoms with van der Waals surface area (Å²) >= 11 is 1.60. The zero-order valence-electron chi connectivity index (χ0n) is 17.7. The molecule has 0 aliphatic carbocycles. The van der Waals surface area contributed by atoms with Crippen molar-refractivity contribution in [3.63, 3.8) is 0 Å². The van der Waals surface area contributed by atoms with Crippen molar-refractivity contribution < 1.29 is 24.6 Å². The molecular weight excluding hydrogens is 406 g/mol. The molecule has 166 valence electrons. The molecule has 8 nitrogen and oxygen atoms in total. The Bertz CT molecular complexity index is 785. The minimum Gasteiger partial charge on any atom is -0.477 e. The zero-order chi connectivity index (χ0) is 21.7. The van der Waals surface area contributed by atoms with Gasteiger partial charge in [-0.15, -0.1) is 11.8 Å². The van der Waals surface area contributed by atoms with Crippen LogP contribution in [0.2, 0.25) is 0 Å². The maximum absolute atomic E-state index is 12.5. The molecule has 1 amide bonds. The van der Waals surface area contributed by atoms with Gasteiger partial charge in [0.1, 0.15) is 11.5 Å². The van der Waals surface area contributed by atoms with Gasteiger partial charge in [0.2, 0.25) is 5.91 Å². The summed E-state index contributed by atoms with van der Waals surface area (Å²) in [6, 6.07) is -0.272. The van der Waals surface area contributed by atoms with E-state index in [0.717, 1.165) is 43.9 Å². The van der Waals surface area contributed by atoms with Crippen LogP contribution in [0.4, 0.5) is 0 Å². The SMILES string of the molecule is CC(=O)[C@@H]1C[C@H](CN2CC[C@@H](SC3=C(C(=O)O)N4C(=O)[C@H]([C@@H](C)O)[C@H]4[C@H]3C)C2)CN1. The molecule has 4 aliphatic rings. The average Bonchev–Trinajstić information content (AvgIpc) is 3.35. The molecule has 3 N–H and O–H groups in total. The van der Waals surface area contributed by atoms with E-state index in [-0.39, 0.29) is 40.6 Å². The molecule has 0 unspecified atom stereocenters. The number of rotatable bonds is 7. The summed E-state index contributed by atoms with van der Waals surface area (Å²) in [6.07, 6.45) is 1.08. The maximum atomic E-state index is 12.5.